The zero-order valence-corrected chi connectivity index (χ0v) is 12.9. The van der Waals surface area contributed by atoms with Crippen LogP contribution in [-0.2, 0) is 0 Å². The SMILES string of the molecule is COc1ccc(C(C)NCCC2CCCC2)cc1OC. The zero-order valence-electron chi connectivity index (χ0n) is 12.9. The molecular formula is C17H27NO2. The summed E-state index contributed by atoms with van der Waals surface area (Å²) < 4.78 is 10.6. The molecule has 0 spiro atoms. The summed E-state index contributed by atoms with van der Waals surface area (Å²) in [5, 5.41) is 3.62. The Morgan fingerprint density at radius 1 is 1.15 bits per heavy atom. The van der Waals surface area contributed by atoms with Crippen LogP contribution in [-0.4, -0.2) is 20.8 Å². The molecule has 1 fully saturated rings. The molecule has 1 N–H and O–H groups in total. The predicted molar refractivity (Wildman–Crippen MR) is 82.5 cm³/mol. The summed E-state index contributed by atoms with van der Waals surface area (Å²) >= 11 is 0. The van der Waals surface area contributed by atoms with Crippen LogP contribution in [0.3, 0.4) is 0 Å². The molecule has 3 heteroatoms. The van der Waals surface area contributed by atoms with Gasteiger partial charge >= 0.3 is 0 Å². The Morgan fingerprint density at radius 2 is 1.85 bits per heavy atom. The number of ether oxygens (including phenoxy) is 2. The lowest BCUT2D eigenvalue weighted by Crippen LogP contribution is -2.21. The Kier molecular flexibility index (Phi) is 5.72. The zero-order chi connectivity index (χ0) is 14.4. The van der Waals surface area contributed by atoms with Crippen molar-refractivity contribution < 1.29 is 9.47 Å². The quantitative estimate of drug-likeness (QED) is 0.819. The Labute approximate surface area is 122 Å². The summed E-state index contributed by atoms with van der Waals surface area (Å²) in [6.07, 6.45) is 7.00. The first kappa shape index (κ1) is 15.2. The van der Waals surface area contributed by atoms with Gasteiger partial charge < -0.3 is 14.8 Å². The summed E-state index contributed by atoms with van der Waals surface area (Å²) in [4.78, 5) is 0. The van der Waals surface area contributed by atoms with Crippen LogP contribution >= 0.6 is 0 Å². The third-order valence-electron chi connectivity index (χ3n) is 4.39. The Hall–Kier alpha value is -1.22. The highest BCUT2D eigenvalue weighted by Crippen LogP contribution is 2.30. The van der Waals surface area contributed by atoms with Crippen molar-refractivity contribution in [2.45, 2.75) is 45.1 Å². The van der Waals surface area contributed by atoms with Gasteiger partial charge in [-0.25, -0.2) is 0 Å². The predicted octanol–water partition coefficient (Wildman–Crippen LogP) is 3.93. The molecule has 112 valence electrons. The molecule has 1 unspecified atom stereocenters. The van der Waals surface area contributed by atoms with E-state index in [0.717, 1.165) is 24.0 Å². The van der Waals surface area contributed by atoms with Crippen molar-refractivity contribution in [1.29, 1.82) is 0 Å². The molecule has 0 bridgehead atoms. The van der Waals surface area contributed by atoms with Gasteiger partial charge in [-0.3, -0.25) is 0 Å². The van der Waals surface area contributed by atoms with E-state index in [1.54, 1.807) is 14.2 Å². The van der Waals surface area contributed by atoms with E-state index in [2.05, 4.69) is 24.4 Å². The maximum Gasteiger partial charge on any atom is 0.161 e. The average molecular weight is 277 g/mol. The number of nitrogens with one attached hydrogen (secondary N) is 1. The number of hydrogen-bond acceptors (Lipinski definition) is 3. The van der Waals surface area contributed by atoms with Gasteiger partial charge in [0.15, 0.2) is 11.5 Å². The third-order valence-corrected chi connectivity index (χ3v) is 4.39. The second kappa shape index (κ2) is 7.53. The molecule has 0 heterocycles. The van der Waals surface area contributed by atoms with Crippen molar-refractivity contribution in [3.05, 3.63) is 23.8 Å². The molecule has 1 atom stereocenters. The van der Waals surface area contributed by atoms with Crippen molar-refractivity contribution in [2.24, 2.45) is 5.92 Å². The lowest BCUT2D eigenvalue weighted by Gasteiger charge is -2.17. The van der Waals surface area contributed by atoms with Gasteiger partial charge in [-0.15, -0.1) is 0 Å². The summed E-state index contributed by atoms with van der Waals surface area (Å²) in [7, 11) is 3.35. The molecular weight excluding hydrogens is 250 g/mol. The number of rotatable bonds is 7. The fourth-order valence-corrected chi connectivity index (χ4v) is 3.04. The van der Waals surface area contributed by atoms with Gasteiger partial charge in [-0.1, -0.05) is 31.7 Å². The molecule has 0 amide bonds. The lowest BCUT2D eigenvalue weighted by atomic mass is 10.0. The molecule has 1 aromatic rings. The second-order valence-corrected chi connectivity index (χ2v) is 5.73. The Balaban J connectivity index is 1.86. The van der Waals surface area contributed by atoms with Gasteiger partial charge in [0.25, 0.3) is 0 Å². The van der Waals surface area contributed by atoms with E-state index in [1.807, 2.05) is 6.07 Å². The van der Waals surface area contributed by atoms with E-state index >= 15 is 0 Å². The first-order chi connectivity index (χ1) is 9.74. The molecule has 1 aromatic carbocycles. The maximum absolute atomic E-state index is 5.36. The average Bonchev–Trinajstić information content (AvgIpc) is 2.99. The smallest absolute Gasteiger partial charge is 0.161 e. The fraction of sp³-hybridized carbons (Fsp3) is 0.647. The van der Waals surface area contributed by atoms with Crippen molar-refractivity contribution in [3.8, 4) is 11.5 Å². The standard InChI is InChI=1S/C17H27NO2/c1-13(18-11-10-14-6-4-5-7-14)15-8-9-16(19-2)17(12-15)20-3/h8-9,12-14,18H,4-7,10-11H2,1-3H3. The van der Waals surface area contributed by atoms with Crippen molar-refractivity contribution in [2.75, 3.05) is 20.8 Å². The van der Waals surface area contributed by atoms with E-state index in [4.69, 9.17) is 9.47 Å². The molecule has 0 aromatic heterocycles. The molecule has 1 aliphatic carbocycles. The molecule has 3 nitrogen and oxygen atoms in total. The topological polar surface area (TPSA) is 30.5 Å². The van der Waals surface area contributed by atoms with Crippen LogP contribution in [0, 0.1) is 5.92 Å². The minimum atomic E-state index is 0.344. The first-order valence-electron chi connectivity index (χ1n) is 7.70. The number of hydrogen-bond donors (Lipinski definition) is 1. The largest absolute Gasteiger partial charge is 0.493 e. The van der Waals surface area contributed by atoms with Gasteiger partial charge in [-0.05, 0) is 43.5 Å². The van der Waals surface area contributed by atoms with Crippen LogP contribution in [0.4, 0.5) is 0 Å². The van der Waals surface area contributed by atoms with E-state index < -0.39 is 0 Å². The van der Waals surface area contributed by atoms with E-state index in [-0.39, 0.29) is 0 Å². The van der Waals surface area contributed by atoms with Crippen LogP contribution in [0.1, 0.15) is 50.6 Å². The third kappa shape index (κ3) is 3.89. The molecule has 0 radical (unpaired) electrons. The van der Waals surface area contributed by atoms with Crippen molar-refractivity contribution in [1.82, 2.24) is 5.32 Å². The molecule has 1 saturated carbocycles. The lowest BCUT2D eigenvalue weighted by molar-refractivity contribution is 0.354. The van der Waals surface area contributed by atoms with Crippen molar-refractivity contribution in [3.63, 3.8) is 0 Å². The van der Waals surface area contributed by atoms with Crippen molar-refractivity contribution >= 4 is 0 Å². The number of methoxy groups -OCH3 is 2. The highest BCUT2D eigenvalue weighted by Gasteiger charge is 2.15. The molecule has 0 saturated heterocycles. The maximum atomic E-state index is 5.36. The van der Waals surface area contributed by atoms with E-state index in [1.165, 1.54) is 37.7 Å². The van der Waals surface area contributed by atoms with Crippen LogP contribution < -0.4 is 14.8 Å². The normalized spacial score (nSPS) is 17.1. The Morgan fingerprint density at radius 3 is 2.50 bits per heavy atom. The minimum Gasteiger partial charge on any atom is -0.493 e. The molecule has 20 heavy (non-hydrogen) atoms. The van der Waals surface area contributed by atoms with Gasteiger partial charge in [-0.2, -0.15) is 0 Å². The summed E-state index contributed by atoms with van der Waals surface area (Å²) in [5.74, 6) is 2.53. The van der Waals surface area contributed by atoms with Crippen LogP contribution in [0.2, 0.25) is 0 Å². The molecule has 0 aliphatic heterocycles. The second-order valence-electron chi connectivity index (χ2n) is 5.73. The van der Waals surface area contributed by atoms with Gasteiger partial charge in [0.05, 0.1) is 14.2 Å². The summed E-state index contributed by atoms with van der Waals surface area (Å²) in [6.45, 7) is 3.30. The minimum absolute atomic E-state index is 0.344. The fourth-order valence-electron chi connectivity index (χ4n) is 3.04. The number of benzene rings is 1. The van der Waals surface area contributed by atoms with Gasteiger partial charge in [0.1, 0.15) is 0 Å². The summed E-state index contributed by atoms with van der Waals surface area (Å²) in [6, 6.07) is 6.49. The summed E-state index contributed by atoms with van der Waals surface area (Å²) in [5.41, 5.74) is 1.24. The highest BCUT2D eigenvalue weighted by molar-refractivity contribution is 5.43. The molecule has 1 aliphatic rings. The molecule has 2 rings (SSSR count). The van der Waals surface area contributed by atoms with E-state index in [9.17, 15) is 0 Å². The van der Waals surface area contributed by atoms with E-state index in [0.29, 0.717) is 6.04 Å². The van der Waals surface area contributed by atoms with Gasteiger partial charge in [0, 0.05) is 6.04 Å². The Bertz CT molecular complexity index is 413. The highest BCUT2D eigenvalue weighted by atomic mass is 16.5. The first-order valence-corrected chi connectivity index (χ1v) is 7.70. The van der Waals surface area contributed by atoms with Crippen LogP contribution in [0.25, 0.3) is 0 Å². The monoisotopic (exact) mass is 277 g/mol. The van der Waals surface area contributed by atoms with Crippen LogP contribution in [0.5, 0.6) is 11.5 Å². The van der Waals surface area contributed by atoms with Gasteiger partial charge in [0.2, 0.25) is 0 Å². The van der Waals surface area contributed by atoms with Crippen LogP contribution in [0.15, 0.2) is 18.2 Å².